The van der Waals surface area contributed by atoms with E-state index in [9.17, 15) is 9.90 Å². The van der Waals surface area contributed by atoms with Gasteiger partial charge < -0.3 is 14.6 Å². The average molecular weight is 337 g/mol. The van der Waals surface area contributed by atoms with Gasteiger partial charge in [-0.25, -0.2) is 4.79 Å². The molecule has 4 nitrogen and oxygen atoms in total. The predicted molar refractivity (Wildman–Crippen MR) is 84.5 cm³/mol. The van der Waals surface area contributed by atoms with E-state index in [-0.39, 0.29) is 12.4 Å². The molecule has 0 radical (unpaired) electrons. The number of carboxylic acid groups (broad SMARTS) is 1. The lowest BCUT2D eigenvalue weighted by Gasteiger charge is -2.06. The molecular weight excluding hydrogens is 327 g/mol. The normalized spacial score (nSPS) is 13.3. The Hall–Kier alpha value is -2.17. The maximum atomic E-state index is 11.6. The summed E-state index contributed by atoms with van der Waals surface area (Å²) in [5.41, 5.74) is 1.11. The van der Waals surface area contributed by atoms with Crippen LogP contribution in [-0.4, -0.2) is 17.9 Å². The summed E-state index contributed by atoms with van der Waals surface area (Å²) >= 11 is 12.1. The Labute approximate surface area is 136 Å². The first kappa shape index (κ1) is 14.8. The predicted octanol–water partition coefficient (Wildman–Crippen LogP) is 4.35. The van der Waals surface area contributed by atoms with Crippen molar-refractivity contribution in [1.82, 2.24) is 0 Å². The first-order valence-electron chi connectivity index (χ1n) is 6.35. The van der Waals surface area contributed by atoms with Crippen molar-refractivity contribution in [1.29, 1.82) is 0 Å². The van der Waals surface area contributed by atoms with Crippen LogP contribution >= 0.6 is 23.2 Å². The number of hydrogen-bond donors (Lipinski definition) is 1. The van der Waals surface area contributed by atoms with Crippen LogP contribution in [0.25, 0.3) is 11.6 Å². The van der Waals surface area contributed by atoms with Gasteiger partial charge in [-0.15, -0.1) is 0 Å². The van der Waals surface area contributed by atoms with E-state index in [2.05, 4.69) is 0 Å². The third-order valence-electron chi connectivity index (χ3n) is 3.20. The molecule has 0 aromatic heterocycles. The van der Waals surface area contributed by atoms with Crippen molar-refractivity contribution in [3.05, 3.63) is 57.6 Å². The molecule has 3 rings (SSSR count). The van der Waals surface area contributed by atoms with Gasteiger partial charge in [0, 0.05) is 0 Å². The largest absolute Gasteiger partial charge is 0.478 e. The summed E-state index contributed by atoms with van der Waals surface area (Å²) in [6, 6.07) is 10.0. The van der Waals surface area contributed by atoms with Gasteiger partial charge in [-0.05, 0) is 35.4 Å². The van der Waals surface area contributed by atoms with Crippen molar-refractivity contribution < 1.29 is 19.4 Å². The highest BCUT2D eigenvalue weighted by atomic mass is 35.5. The minimum absolute atomic E-state index is 0.0856. The molecule has 0 bridgehead atoms. The van der Waals surface area contributed by atoms with E-state index >= 15 is 0 Å². The number of halogens is 2. The molecule has 0 fully saturated rings. The van der Waals surface area contributed by atoms with E-state index < -0.39 is 5.97 Å². The van der Waals surface area contributed by atoms with Crippen LogP contribution < -0.4 is 9.47 Å². The summed E-state index contributed by atoms with van der Waals surface area (Å²) in [6.45, 7) is 0.130. The number of aliphatic carboxylic acids is 1. The molecule has 6 heteroatoms. The summed E-state index contributed by atoms with van der Waals surface area (Å²) in [5.74, 6) is 0.0334. The van der Waals surface area contributed by atoms with Crippen molar-refractivity contribution in [2.24, 2.45) is 0 Å². The Bertz CT molecular complexity index is 784. The van der Waals surface area contributed by atoms with E-state index in [0.717, 1.165) is 0 Å². The molecule has 0 atom stereocenters. The van der Waals surface area contributed by atoms with Gasteiger partial charge in [0.2, 0.25) is 6.79 Å². The van der Waals surface area contributed by atoms with Gasteiger partial charge in [0.25, 0.3) is 0 Å². The van der Waals surface area contributed by atoms with E-state index in [1.54, 1.807) is 36.4 Å². The Morgan fingerprint density at radius 3 is 2.68 bits per heavy atom. The number of hydrogen-bond acceptors (Lipinski definition) is 3. The Morgan fingerprint density at radius 2 is 1.91 bits per heavy atom. The molecule has 0 aliphatic carbocycles. The molecule has 1 heterocycles. The van der Waals surface area contributed by atoms with Gasteiger partial charge in [-0.1, -0.05) is 41.4 Å². The number of rotatable bonds is 3. The number of carbonyl (C=O) groups is 1. The van der Waals surface area contributed by atoms with Crippen molar-refractivity contribution in [2.75, 3.05) is 6.79 Å². The van der Waals surface area contributed by atoms with E-state index in [0.29, 0.717) is 32.7 Å². The summed E-state index contributed by atoms with van der Waals surface area (Å²) in [6.07, 6.45) is 1.48. The van der Waals surface area contributed by atoms with Crippen LogP contribution in [0.3, 0.4) is 0 Å². The molecule has 1 N–H and O–H groups in total. The summed E-state index contributed by atoms with van der Waals surface area (Å²) in [4.78, 5) is 11.6. The van der Waals surface area contributed by atoms with Crippen molar-refractivity contribution in [3.63, 3.8) is 0 Å². The molecule has 2 aromatic rings. The van der Waals surface area contributed by atoms with Gasteiger partial charge in [0.05, 0.1) is 15.6 Å². The first-order chi connectivity index (χ1) is 10.6. The average Bonchev–Trinajstić information content (AvgIpc) is 2.95. The fraction of sp³-hybridized carbons (Fsp3) is 0.0625. The van der Waals surface area contributed by atoms with E-state index in [4.69, 9.17) is 32.7 Å². The van der Waals surface area contributed by atoms with Crippen LogP contribution in [0, 0.1) is 0 Å². The van der Waals surface area contributed by atoms with Crippen molar-refractivity contribution in [3.8, 4) is 11.5 Å². The van der Waals surface area contributed by atoms with Gasteiger partial charge >= 0.3 is 5.97 Å². The first-order valence-corrected chi connectivity index (χ1v) is 7.11. The monoisotopic (exact) mass is 336 g/mol. The zero-order chi connectivity index (χ0) is 15.7. The second-order valence-electron chi connectivity index (χ2n) is 4.57. The summed E-state index contributed by atoms with van der Waals surface area (Å²) in [5, 5.41) is 10.2. The molecule has 1 aliphatic heterocycles. The third kappa shape index (κ3) is 2.75. The van der Waals surface area contributed by atoms with Gasteiger partial charge in [-0.2, -0.15) is 0 Å². The van der Waals surface area contributed by atoms with Crippen LogP contribution in [0.5, 0.6) is 11.5 Å². The maximum absolute atomic E-state index is 11.6. The molecule has 0 saturated heterocycles. The minimum Gasteiger partial charge on any atom is -0.478 e. The number of carboxylic acids is 1. The number of benzene rings is 2. The van der Waals surface area contributed by atoms with Gasteiger partial charge in [-0.3, -0.25) is 0 Å². The van der Waals surface area contributed by atoms with E-state index in [1.807, 2.05) is 0 Å². The fourth-order valence-corrected chi connectivity index (χ4v) is 2.48. The van der Waals surface area contributed by atoms with Gasteiger partial charge in [0.1, 0.15) is 0 Å². The smallest absolute Gasteiger partial charge is 0.336 e. The Balaban J connectivity index is 2.08. The lowest BCUT2D eigenvalue weighted by Crippen LogP contribution is -2.00. The van der Waals surface area contributed by atoms with Crippen LogP contribution in [-0.2, 0) is 4.79 Å². The van der Waals surface area contributed by atoms with Gasteiger partial charge in [0.15, 0.2) is 11.5 Å². The molecule has 0 amide bonds. The summed E-state index contributed by atoms with van der Waals surface area (Å²) in [7, 11) is 0. The molecule has 22 heavy (non-hydrogen) atoms. The number of ether oxygens (including phenoxy) is 2. The maximum Gasteiger partial charge on any atom is 0.336 e. The summed E-state index contributed by atoms with van der Waals surface area (Å²) < 4.78 is 10.5. The second-order valence-corrected chi connectivity index (χ2v) is 5.36. The molecule has 0 saturated carbocycles. The quantitative estimate of drug-likeness (QED) is 0.668. The highest BCUT2D eigenvalue weighted by Gasteiger charge is 2.18. The van der Waals surface area contributed by atoms with Crippen LogP contribution in [0.15, 0.2) is 36.4 Å². The highest BCUT2D eigenvalue weighted by Crippen LogP contribution is 2.35. The van der Waals surface area contributed by atoms with Crippen molar-refractivity contribution in [2.45, 2.75) is 0 Å². The minimum atomic E-state index is -1.07. The fourth-order valence-electron chi connectivity index (χ4n) is 2.12. The Morgan fingerprint density at radius 1 is 1.14 bits per heavy atom. The molecule has 0 spiro atoms. The lowest BCUT2D eigenvalue weighted by atomic mass is 10.0. The molecule has 112 valence electrons. The zero-order valence-electron chi connectivity index (χ0n) is 11.2. The SMILES string of the molecule is O=C(O)/C(=C\c1cccc(Cl)c1Cl)c1ccc2c(c1)OCO2. The molecule has 1 aliphatic rings. The molecule has 0 unspecified atom stereocenters. The van der Waals surface area contributed by atoms with Crippen LogP contribution in [0.2, 0.25) is 10.0 Å². The standard InChI is InChI=1S/C16H10Cl2O4/c17-12-3-1-2-10(15(12)18)6-11(16(19)20)9-4-5-13-14(7-9)22-8-21-13/h1-7H,8H2,(H,19,20)/b11-6-. The van der Waals surface area contributed by atoms with Crippen LogP contribution in [0.1, 0.15) is 11.1 Å². The topological polar surface area (TPSA) is 55.8 Å². The highest BCUT2D eigenvalue weighted by molar-refractivity contribution is 6.43. The molecule has 2 aromatic carbocycles. The number of fused-ring (bicyclic) bond motifs is 1. The van der Waals surface area contributed by atoms with Crippen LogP contribution in [0.4, 0.5) is 0 Å². The zero-order valence-corrected chi connectivity index (χ0v) is 12.7. The van der Waals surface area contributed by atoms with E-state index in [1.165, 1.54) is 6.08 Å². The second kappa shape index (κ2) is 5.91. The molecular formula is C16H10Cl2O4. The lowest BCUT2D eigenvalue weighted by molar-refractivity contribution is -0.130. The Kier molecular flexibility index (Phi) is 3.96. The third-order valence-corrected chi connectivity index (χ3v) is 4.03. The van der Waals surface area contributed by atoms with Crippen molar-refractivity contribution >= 4 is 40.8 Å².